The lowest BCUT2D eigenvalue weighted by Gasteiger charge is -2.36. The molecular formula is C19H22N6O3S. The molecule has 0 spiro atoms. The summed E-state index contributed by atoms with van der Waals surface area (Å²) in [6, 6.07) is 8.79. The van der Waals surface area contributed by atoms with E-state index in [1.165, 1.54) is 18.9 Å². The zero-order valence-corrected chi connectivity index (χ0v) is 17.1. The Morgan fingerprint density at radius 2 is 2.07 bits per heavy atom. The van der Waals surface area contributed by atoms with E-state index in [2.05, 4.69) is 20.8 Å². The summed E-state index contributed by atoms with van der Waals surface area (Å²) in [4.78, 5) is 27.5. The van der Waals surface area contributed by atoms with E-state index in [0.717, 1.165) is 18.4 Å². The average Bonchev–Trinajstić information content (AvgIpc) is 3.48. The Hall–Kier alpha value is -2.88. The summed E-state index contributed by atoms with van der Waals surface area (Å²) in [5.74, 6) is -0.0619. The number of rotatable bonds is 7. The minimum atomic E-state index is -0.566. The van der Waals surface area contributed by atoms with Gasteiger partial charge < -0.3 is 10.1 Å². The van der Waals surface area contributed by atoms with Crippen molar-refractivity contribution in [3.8, 4) is 0 Å². The zero-order valence-electron chi connectivity index (χ0n) is 16.2. The van der Waals surface area contributed by atoms with Crippen LogP contribution < -0.4 is 5.32 Å². The van der Waals surface area contributed by atoms with Gasteiger partial charge in [0.15, 0.2) is 0 Å². The van der Waals surface area contributed by atoms with E-state index in [-0.39, 0.29) is 12.1 Å². The van der Waals surface area contributed by atoms with Crippen LogP contribution in [0.25, 0.3) is 0 Å². The fourth-order valence-electron chi connectivity index (χ4n) is 3.42. The smallest absolute Gasteiger partial charge is 0.338 e. The molecule has 1 aliphatic heterocycles. The number of methoxy groups -OCH3 is 1. The van der Waals surface area contributed by atoms with E-state index >= 15 is 0 Å². The lowest BCUT2D eigenvalue weighted by molar-refractivity contribution is -0.136. The van der Waals surface area contributed by atoms with Gasteiger partial charge in [-0.3, -0.25) is 4.90 Å². The molecule has 4 rings (SSSR count). The molecule has 2 heterocycles. The first-order valence-corrected chi connectivity index (χ1v) is 10.5. The number of thioether (sulfide) groups is 1. The number of nitrogens with zero attached hydrogens (tertiary/aromatic N) is 5. The number of nitrogens with one attached hydrogen (secondary N) is 1. The predicted molar refractivity (Wildman–Crippen MR) is 106 cm³/mol. The fraction of sp³-hybridized carbons (Fsp3) is 0.421. The molecule has 1 aromatic carbocycles. The highest BCUT2D eigenvalue weighted by Gasteiger charge is 2.44. The molecular weight excluding hydrogens is 392 g/mol. The van der Waals surface area contributed by atoms with Crippen LogP contribution in [-0.2, 0) is 16.1 Å². The van der Waals surface area contributed by atoms with E-state index in [9.17, 15) is 9.59 Å². The Kier molecular flexibility index (Phi) is 5.52. The second-order valence-corrected chi connectivity index (χ2v) is 7.75. The number of urea groups is 1. The molecule has 0 bridgehead atoms. The quantitative estimate of drug-likeness (QED) is 0.547. The molecule has 1 fully saturated rings. The maximum absolute atomic E-state index is 13.0. The number of esters is 1. The Bertz CT molecular complexity index is 940. The SMILES string of the molecule is CCn1nnnc1SCC1=C(C(=O)OC)[C@@H](c2ccccc2)NC(=O)N1C1CC1. The van der Waals surface area contributed by atoms with Crippen LogP contribution in [0, 0.1) is 0 Å². The van der Waals surface area contributed by atoms with Crippen LogP contribution in [0.2, 0.25) is 0 Å². The summed E-state index contributed by atoms with van der Waals surface area (Å²) in [6.07, 6.45) is 1.83. The molecule has 1 aromatic heterocycles. The van der Waals surface area contributed by atoms with Crippen molar-refractivity contribution in [1.82, 2.24) is 30.4 Å². The number of hydrogen-bond donors (Lipinski definition) is 1. The highest BCUT2D eigenvalue weighted by Crippen LogP contribution is 2.39. The number of tetrazole rings is 1. The third-order valence-electron chi connectivity index (χ3n) is 4.96. The maximum atomic E-state index is 13.0. The topological polar surface area (TPSA) is 102 Å². The van der Waals surface area contributed by atoms with Crippen LogP contribution in [0.5, 0.6) is 0 Å². The molecule has 1 N–H and O–H groups in total. The Labute approximate surface area is 172 Å². The van der Waals surface area contributed by atoms with Gasteiger partial charge in [-0.2, -0.15) is 0 Å². The number of ether oxygens (including phenoxy) is 1. The van der Waals surface area contributed by atoms with Gasteiger partial charge in [0, 0.05) is 24.0 Å². The first kappa shape index (κ1) is 19.4. The number of carbonyl (C=O) groups excluding carboxylic acids is 2. The number of carbonyl (C=O) groups is 2. The largest absolute Gasteiger partial charge is 0.466 e. The molecule has 2 amide bonds. The summed E-state index contributed by atoms with van der Waals surface area (Å²) in [5, 5.41) is 15.3. The summed E-state index contributed by atoms with van der Waals surface area (Å²) in [7, 11) is 1.36. The minimum Gasteiger partial charge on any atom is -0.466 e. The Morgan fingerprint density at radius 3 is 2.72 bits per heavy atom. The van der Waals surface area contributed by atoms with Crippen LogP contribution in [0.15, 0.2) is 46.8 Å². The van der Waals surface area contributed by atoms with Gasteiger partial charge in [0.05, 0.1) is 18.7 Å². The number of benzene rings is 1. The summed E-state index contributed by atoms with van der Waals surface area (Å²) in [5.41, 5.74) is 1.94. The molecule has 9 nitrogen and oxygen atoms in total. The lowest BCUT2D eigenvalue weighted by atomic mass is 9.95. The highest BCUT2D eigenvalue weighted by molar-refractivity contribution is 7.99. The first-order chi connectivity index (χ1) is 14.1. The van der Waals surface area contributed by atoms with Crippen LogP contribution in [0.3, 0.4) is 0 Å². The van der Waals surface area contributed by atoms with Crippen molar-refractivity contribution in [2.45, 2.75) is 43.6 Å². The highest BCUT2D eigenvalue weighted by atomic mass is 32.2. The van der Waals surface area contributed by atoms with Crippen LogP contribution in [0.1, 0.15) is 31.4 Å². The van der Waals surface area contributed by atoms with E-state index in [1.54, 1.807) is 9.58 Å². The molecule has 1 aliphatic carbocycles. The molecule has 1 saturated carbocycles. The van der Waals surface area contributed by atoms with E-state index < -0.39 is 12.0 Å². The minimum absolute atomic E-state index is 0.101. The molecule has 0 unspecified atom stereocenters. The van der Waals surface area contributed by atoms with Crippen molar-refractivity contribution in [1.29, 1.82) is 0 Å². The molecule has 10 heteroatoms. The number of aryl methyl sites for hydroxylation is 1. The second kappa shape index (κ2) is 8.24. The van der Waals surface area contributed by atoms with Crippen LogP contribution >= 0.6 is 11.8 Å². The van der Waals surface area contributed by atoms with Crippen molar-refractivity contribution in [3.63, 3.8) is 0 Å². The van der Waals surface area contributed by atoms with Crippen molar-refractivity contribution in [3.05, 3.63) is 47.2 Å². The van der Waals surface area contributed by atoms with Crippen molar-refractivity contribution >= 4 is 23.8 Å². The molecule has 2 aromatic rings. The van der Waals surface area contributed by atoms with Gasteiger partial charge in [-0.25, -0.2) is 14.3 Å². The predicted octanol–water partition coefficient (Wildman–Crippen LogP) is 2.14. The van der Waals surface area contributed by atoms with Crippen molar-refractivity contribution < 1.29 is 14.3 Å². The molecule has 1 atom stereocenters. The zero-order chi connectivity index (χ0) is 20.4. The summed E-state index contributed by atoms with van der Waals surface area (Å²) in [6.45, 7) is 2.59. The summed E-state index contributed by atoms with van der Waals surface area (Å²) >= 11 is 1.40. The Morgan fingerprint density at radius 1 is 1.31 bits per heavy atom. The van der Waals surface area contributed by atoms with Gasteiger partial charge in [0.1, 0.15) is 0 Å². The fourth-order valence-corrected chi connectivity index (χ4v) is 4.39. The van der Waals surface area contributed by atoms with Crippen molar-refractivity contribution in [2.24, 2.45) is 0 Å². The van der Waals surface area contributed by atoms with Gasteiger partial charge in [0.2, 0.25) is 5.16 Å². The van der Waals surface area contributed by atoms with E-state index in [0.29, 0.717) is 28.7 Å². The van der Waals surface area contributed by atoms with Gasteiger partial charge in [0.25, 0.3) is 0 Å². The number of aromatic nitrogens is 4. The van der Waals surface area contributed by atoms with Gasteiger partial charge in [-0.1, -0.05) is 42.1 Å². The molecule has 0 saturated heterocycles. The standard InChI is InChI=1S/C19H22N6O3S/c1-3-24-19(21-22-23-24)29-11-14-15(17(26)28-2)16(12-7-5-4-6-8-12)20-18(27)25(14)13-9-10-13/h4-8,13,16H,3,9-11H2,1-2H3,(H,20,27)/t16-/m1/s1. The normalized spacial score (nSPS) is 19.3. The Balaban J connectivity index is 1.76. The third-order valence-corrected chi connectivity index (χ3v) is 5.93. The van der Waals surface area contributed by atoms with Gasteiger partial charge in [-0.15, -0.1) is 5.10 Å². The molecule has 2 aliphatic rings. The lowest BCUT2D eigenvalue weighted by Crippen LogP contribution is -2.50. The van der Waals surface area contributed by atoms with E-state index in [1.807, 2.05) is 37.3 Å². The monoisotopic (exact) mass is 414 g/mol. The van der Waals surface area contributed by atoms with E-state index in [4.69, 9.17) is 4.74 Å². The average molecular weight is 414 g/mol. The summed E-state index contributed by atoms with van der Waals surface area (Å²) < 4.78 is 6.79. The van der Waals surface area contributed by atoms with Crippen LogP contribution in [0.4, 0.5) is 4.79 Å². The molecule has 29 heavy (non-hydrogen) atoms. The van der Waals surface area contributed by atoms with Gasteiger partial charge in [-0.05, 0) is 35.8 Å². The molecule has 0 radical (unpaired) electrons. The molecule has 152 valence electrons. The van der Waals surface area contributed by atoms with Crippen LogP contribution in [-0.4, -0.2) is 56.0 Å². The number of hydrogen-bond acceptors (Lipinski definition) is 7. The van der Waals surface area contributed by atoms with Gasteiger partial charge >= 0.3 is 12.0 Å². The maximum Gasteiger partial charge on any atom is 0.338 e. The number of amides is 2. The van der Waals surface area contributed by atoms with Crippen molar-refractivity contribution in [2.75, 3.05) is 12.9 Å². The third kappa shape index (κ3) is 3.84. The first-order valence-electron chi connectivity index (χ1n) is 9.49. The second-order valence-electron chi connectivity index (χ2n) is 6.81.